The quantitative estimate of drug-likeness (QED) is 0.767. The number of aromatic hydroxyl groups is 1. The zero-order valence-electron chi connectivity index (χ0n) is 7.00. The molecule has 0 atom stereocenters. The number of benzene rings is 1. The number of phenolic OH excluding ortho intramolecular Hbond substituents is 1. The van der Waals surface area contributed by atoms with Gasteiger partial charge in [0.05, 0.1) is 9.70 Å². The van der Waals surface area contributed by atoms with E-state index in [4.69, 9.17) is 5.73 Å². The van der Waals surface area contributed by atoms with Gasteiger partial charge in [0.2, 0.25) is 0 Å². The minimum atomic E-state index is -2.55. The van der Waals surface area contributed by atoms with Crippen molar-refractivity contribution in [2.75, 3.05) is 5.73 Å². The summed E-state index contributed by atoms with van der Waals surface area (Å²) in [7, 11) is 0. The average Bonchev–Trinajstić information content (AvgIpc) is 2.47. The van der Waals surface area contributed by atoms with E-state index in [1.807, 2.05) is 0 Å². The van der Waals surface area contributed by atoms with E-state index in [2.05, 4.69) is 0 Å². The summed E-state index contributed by atoms with van der Waals surface area (Å²) in [5, 5.41) is 10.2. The lowest BCUT2D eigenvalue weighted by Crippen LogP contribution is -1.84. The molecule has 0 unspecified atom stereocenters. The third-order valence-corrected chi connectivity index (χ3v) is 2.94. The van der Waals surface area contributed by atoms with Crippen molar-refractivity contribution in [1.82, 2.24) is 0 Å². The van der Waals surface area contributed by atoms with Gasteiger partial charge in [0.25, 0.3) is 6.43 Å². The van der Waals surface area contributed by atoms with E-state index in [0.29, 0.717) is 15.1 Å². The fraction of sp³-hybridized carbons (Fsp3) is 0.111. The lowest BCUT2D eigenvalue weighted by molar-refractivity contribution is 0.153. The maximum atomic E-state index is 12.5. The number of phenols is 1. The highest BCUT2D eigenvalue weighted by atomic mass is 32.1. The molecule has 74 valence electrons. The Hall–Kier alpha value is -1.36. The van der Waals surface area contributed by atoms with Crippen LogP contribution in [0.25, 0.3) is 10.1 Å². The van der Waals surface area contributed by atoms with Crippen molar-refractivity contribution in [1.29, 1.82) is 0 Å². The summed E-state index contributed by atoms with van der Waals surface area (Å²) in [6, 6.07) is 3.94. The molecule has 1 aromatic carbocycles. The van der Waals surface area contributed by atoms with Crippen molar-refractivity contribution in [3.63, 3.8) is 0 Å². The molecule has 0 aliphatic rings. The Morgan fingerprint density at radius 2 is 2.07 bits per heavy atom. The molecule has 14 heavy (non-hydrogen) atoms. The fourth-order valence-electron chi connectivity index (χ4n) is 1.34. The van der Waals surface area contributed by atoms with Crippen molar-refractivity contribution < 1.29 is 13.9 Å². The summed E-state index contributed by atoms with van der Waals surface area (Å²) in [5.74, 6) is -0.00824. The Labute approximate surface area is 82.6 Å². The summed E-state index contributed by atoms with van der Waals surface area (Å²) in [6.45, 7) is 0. The lowest BCUT2D eigenvalue weighted by Gasteiger charge is -2.02. The Morgan fingerprint density at radius 1 is 1.36 bits per heavy atom. The molecule has 0 saturated heterocycles. The first-order chi connectivity index (χ1) is 6.59. The second-order valence-corrected chi connectivity index (χ2v) is 3.95. The highest BCUT2D eigenvalue weighted by Gasteiger charge is 2.15. The van der Waals surface area contributed by atoms with E-state index in [0.717, 1.165) is 11.3 Å². The van der Waals surface area contributed by atoms with Crippen LogP contribution >= 0.6 is 11.3 Å². The maximum Gasteiger partial charge on any atom is 0.264 e. The zero-order valence-corrected chi connectivity index (χ0v) is 7.81. The van der Waals surface area contributed by atoms with Crippen LogP contribution in [0.1, 0.15) is 12.0 Å². The number of thiophene rings is 1. The number of anilines is 1. The molecule has 0 spiro atoms. The smallest absolute Gasteiger partial charge is 0.264 e. The van der Waals surface area contributed by atoms with Crippen LogP contribution in [0.3, 0.4) is 0 Å². The van der Waals surface area contributed by atoms with Crippen LogP contribution in [-0.4, -0.2) is 5.11 Å². The first-order valence-corrected chi connectivity index (χ1v) is 4.70. The molecule has 0 amide bonds. The van der Waals surface area contributed by atoms with Gasteiger partial charge in [0, 0.05) is 10.9 Å². The molecule has 1 heterocycles. The van der Waals surface area contributed by atoms with Gasteiger partial charge in [-0.1, -0.05) is 0 Å². The monoisotopic (exact) mass is 215 g/mol. The predicted molar refractivity (Wildman–Crippen MR) is 52.9 cm³/mol. The molecule has 0 fully saturated rings. The van der Waals surface area contributed by atoms with E-state index in [-0.39, 0.29) is 11.3 Å². The van der Waals surface area contributed by atoms with Crippen LogP contribution in [0.15, 0.2) is 18.2 Å². The van der Waals surface area contributed by atoms with Gasteiger partial charge >= 0.3 is 0 Å². The van der Waals surface area contributed by atoms with E-state index in [1.165, 1.54) is 18.2 Å². The summed E-state index contributed by atoms with van der Waals surface area (Å²) in [6.07, 6.45) is -2.55. The molecule has 1 aromatic heterocycles. The van der Waals surface area contributed by atoms with Crippen LogP contribution in [0, 0.1) is 0 Å². The van der Waals surface area contributed by atoms with Gasteiger partial charge in [-0.05, 0) is 18.2 Å². The Morgan fingerprint density at radius 3 is 2.71 bits per heavy atom. The van der Waals surface area contributed by atoms with Crippen molar-refractivity contribution >= 4 is 26.4 Å². The van der Waals surface area contributed by atoms with Gasteiger partial charge in [0.15, 0.2) is 0 Å². The van der Waals surface area contributed by atoms with Gasteiger partial charge < -0.3 is 10.8 Å². The summed E-state index contributed by atoms with van der Waals surface area (Å²) < 4.78 is 25.5. The summed E-state index contributed by atoms with van der Waals surface area (Å²) in [4.78, 5) is 0. The van der Waals surface area contributed by atoms with Crippen LogP contribution in [0.2, 0.25) is 0 Å². The lowest BCUT2D eigenvalue weighted by atomic mass is 10.1. The van der Waals surface area contributed by atoms with Gasteiger partial charge in [-0.3, -0.25) is 0 Å². The van der Waals surface area contributed by atoms with Crippen LogP contribution in [0.4, 0.5) is 13.8 Å². The van der Waals surface area contributed by atoms with Gasteiger partial charge in [-0.25, -0.2) is 8.78 Å². The highest BCUT2D eigenvalue weighted by Crippen LogP contribution is 2.39. The normalized spacial score (nSPS) is 11.4. The number of hydrogen-bond acceptors (Lipinski definition) is 3. The molecule has 0 radical (unpaired) electrons. The average molecular weight is 215 g/mol. The minimum absolute atomic E-state index is 0.00824. The molecular weight excluding hydrogens is 208 g/mol. The standard InChI is InChI=1S/C9H7F2NOS/c10-9(11)4-1-2-6(13)8-5(4)3-7(12)14-8/h1-3,9,13H,12H2. The molecule has 0 saturated carbocycles. The number of nitrogens with two attached hydrogens (primary N) is 1. The van der Waals surface area contributed by atoms with E-state index < -0.39 is 6.43 Å². The van der Waals surface area contributed by atoms with Crippen LogP contribution < -0.4 is 5.73 Å². The van der Waals surface area contributed by atoms with Crippen LogP contribution in [0.5, 0.6) is 5.75 Å². The predicted octanol–water partition coefficient (Wildman–Crippen LogP) is 3.13. The Bertz CT molecular complexity index is 481. The topological polar surface area (TPSA) is 46.2 Å². The van der Waals surface area contributed by atoms with Crippen LogP contribution in [-0.2, 0) is 0 Å². The SMILES string of the molecule is Nc1cc2c(C(F)F)ccc(O)c2s1. The number of rotatable bonds is 1. The number of hydrogen-bond donors (Lipinski definition) is 2. The largest absolute Gasteiger partial charge is 0.506 e. The molecule has 0 aliphatic carbocycles. The van der Waals surface area contributed by atoms with Gasteiger partial charge in [0.1, 0.15) is 5.75 Å². The van der Waals surface area contributed by atoms with Crippen molar-refractivity contribution in [2.45, 2.75) is 6.43 Å². The second-order valence-electron chi connectivity index (χ2n) is 2.87. The number of alkyl halides is 2. The number of halogens is 2. The molecule has 0 aliphatic heterocycles. The minimum Gasteiger partial charge on any atom is -0.506 e. The van der Waals surface area contributed by atoms with Gasteiger partial charge in [-0.2, -0.15) is 0 Å². The van der Waals surface area contributed by atoms with E-state index in [9.17, 15) is 13.9 Å². The third-order valence-electron chi connectivity index (χ3n) is 1.95. The van der Waals surface area contributed by atoms with Crippen molar-refractivity contribution in [3.8, 4) is 5.75 Å². The molecule has 3 N–H and O–H groups in total. The Balaban J connectivity index is 2.81. The van der Waals surface area contributed by atoms with Crippen molar-refractivity contribution in [3.05, 3.63) is 23.8 Å². The van der Waals surface area contributed by atoms with Crippen molar-refractivity contribution in [2.24, 2.45) is 0 Å². The molecule has 2 nitrogen and oxygen atoms in total. The molecule has 0 bridgehead atoms. The fourth-order valence-corrected chi connectivity index (χ4v) is 2.21. The molecule has 2 aromatic rings. The van der Waals surface area contributed by atoms with E-state index >= 15 is 0 Å². The van der Waals surface area contributed by atoms with Gasteiger partial charge in [-0.15, -0.1) is 11.3 Å². The number of fused-ring (bicyclic) bond motifs is 1. The van der Waals surface area contributed by atoms with E-state index in [1.54, 1.807) is 0 Å². The third kappa shape index (κ3) is 1.29. The molecular formula is C9H7F2NOS. The number of nitrogen functional groups attached to an aromatic ring is 1. The highest BCUT2D eigenvalue weighted by molar-refractivity contribution is 7.23. The second kappa shape index (κ2) is 3.09. The first-order valence-electron chi connectivity index (χ1n) is 3.88. The molecule has 2 rings (SSSR count). The maximum absolute atomic E-state index is 12.5. The first kappa shape index (κ1) is 9.21. The Kier molecular flexibility index (Phi) is 2.03. The zero-order chi connectivity index (χ0) is 10.3. The summed E-state index contributed by atoms with van der Waals surface area (Å²) in [5.41, 5.74) is 5.40. The molecule has 5 heteroatoms. The summed E-state index contributed by atoms with van der Waals surface area (Å²) >= 11 is 1.10.